The number of carbonyl (C=O) groups is 2. The van der Waals surface area contributed by atoms with E-state index in [1.165, 1.54) is 0 Å². The number of amides is 2. The van der Waals surface area contributed by atoms with E-state index in [1.807, 2.05) is 6.07 Å². The zero-order valence-electron chi connectivity index (χ0n) is 9.80. The molecule has 1 saturated heterocycles. The second-order valence-corrected chi connectivity index (χ2v) is 4.20. The van der Waals surface area contributed by atoms with Crippen molar-refractivity contribution in [2.24, 2.45) is 0 Å². The summed E-state index contributed by atoms with van der Waals surface area (Å²) < 4.78 is 0. The molecule has 1 N–H and O–H groups in total. The number of likely N-dealkylation sites (tertiary alicyclic amines) is 1. The molecule has 1 aromatic rings. The number of nitriles is 1. The third-order valence-electron chi connectivity index (χ3n) is 3.00. The van der Waals surface area contributed by atoms with E-state index in [2.05, 4.69) is 11.4 Å². The van der Waals surface area contributed by atoms with Crippen LogP contribution in [0.2, 0.25) is 0 Å². The van der Waals surface area contributed by atoms with Gasteiger partial charge in [-0.05, 0) is 24.1 Å². The fourth-order valence-corrected chi connectivity index (χ4v) is 2.09. The van der Waals surface area contributed by atoms with Crippen molar-refractivity contribution in [3.63, 3.8) is 0 Å². The number of hydrogen-bond donors (Lipinski definition) is 1. The van der Waals surface area contributed by atoms with Crippen LogP contribution in [-0.4, -0.2) is 29.8 Å². The fraction of sp³-hybridized carbons (Fsp3) is 0.308. The minimum Gasteiger partial charge on any atom is -0.347 e. The predicted octanol–water partition coefficient (Wildman–Crippen LogP) is 0.405. The first-order valence-corrected chi connectivity index (χ1v) is 5.72. The smallest absolute Gasteiger partial charge is 0.245 e. The highest BCUT2D eigenvalue weighted by atomic mass is 16.2. The monoisotopic (exact) mass is 243 g/mol. The Morgan fingerprint density at radius 2 is 2.39 bits per heavy atom. The molecule has 0 aliphatic carbocycles. The Bertz CT molecular complexity index is 507. The summed E-state index contributed by atoms with van der Waals surface area (Å²) in [6.07, 6.45) is 1.19. The van der Waals surface area contributed by atoms with E-state index in [9.17, 15) is 9.59 Å². The molecule has 18 heavy (non-hydrogen) atoms. The van der Waals surface area contributed by atoms with E-state index in [-0.39, 0.29) is 5.91 Å². The minimum atomic E-state index is -0.401. The van der Waals surface area contributed by atoms with Crippen molar-refractivity contribution in [3.05, 3.63) is 35.4 Å². The van der Waals surface area contributed by atoms with Crippen molar-refractivity contribution in [3.8, 4) is 6.07 Å². The van der Waals surface area contributed by atoms with Crippen LogP contribution in [0.1, 0.15) is 17.5 Å². The maximum atomic E-state index is 11.9. The van der Waals surface area contributed by atoms with Crippen molar-refractivity contribution < 1.29 is 9.59 Å². The molecule has 0 bridgehead atoms. The molecule has 5 nitrogen and oxygen atoms in total. The molecule has 2 rings (SSSR count). The molecule has 5 heteroatoms. The van der Waals surface area contributed by atoms with Crippen molar-refractivity contribution in [2.45, 2.75) is 19.0 Å². The van der Waals surface area contributed by atoms with E-state index < -0.39 is 6.04 Å². The summed E-state index contributed by atoms with van der Waals surface area (Å²) in [6.45, 7) is 1.10. The first-order chi connectivity index (χ1) is 8.74. The average molecular weight is 243 g/mol. The van der Waals surface area contributed by atoms with Crippen LogP contribution in [0, 0.1) is 11.3 Å². The van der Waals surface area contributed by atoms with Gasteiger partial charge in [-0.1, -0.05) is 12.1 Å². The number of hydrogen-bond acceptors (Lipinski definition) is 3. The summed E-state index contributed by atoms with van der Waals surface area (Å²) in [5, 5.41) is 11.3. The number of carbonyl (C=O) groups excluding carboxylic acids is 2. The van der Waals surface area contributed by atoms with Gasteiger partial charge in [-0.2, -0.15) is 5.26 Å². The molecule has 0 saturated carbocycles. The lowest BCUT2D eigenvalue weighted by Crippen LogP contribution is -2.37. The number of nitrogens with zero attached hydrogens (tertiary/aromatic N) is 2. The average Bonchev–Trinajstić information content (AvgIpc) is 2.72. The van der Waals surface area contributed by atoms with Gasteiger partial charge in [-0.25, -0.2) is 0 Å². The Morgan fingerprint density at radius 1 is 1.56 bits per heavy atom. The Kier molecular flexibility index (Phi) is 3.58. The zero-order chi connectivity index (χ0) is 13.0. The molecule has 92 valence electrons. The van der Waals surface area contributed by atoms with Gasteiger partial charge in [0.1, 0.15) is 6.04 Å². The van der Waals surface area contributed by atoms with Gasteiger partial charge in [0, 0.05) is 13.1 Å². The molecule has 2 amide bonds. The van der Waals surface area contributed by atoms with Crippen molar-refractivity contribution in [1.82, 2.24) is 10.2 Å². The number of nitrogens with one attached hydrogen (secondary N) is 1. The first kappa shape index (κ1) is 12.1. The van der Waals surface area contributed by atoms with Gasteiger partial charge in [-0.15, -0.1) is 0 Å². The van der Waals surface area contributed by atoms with Crippen LogP contribution in [0.5, 0.6) is 0 Å². The van der Waals surface area contributed by atoms with Crippen LogP contribution in [0.25, 0.3) is 0 Å². The third kappa shape index (κ3) is 2.48. The van der Waals surface area contributed by atoms with E-state index in [0.29, 0.717) is 31.5 Å². The standard InChI is InChI=1S/C13H13N3O2/c14-7-10-2-1-3-11(6-10)8-16-5-4-12(13(16)18)15-9-17/h1-3,6,9,12H,4-5,8H2,(H,15,17)/t12-/m0/s1. The molecule has 0 spiro atoms. The Hall–Kier alpha value is -2.35. The normalized spacial score (nSPS) is 18.5. The quantitative estimate of drug-likeness (QED) is 0.778. The fourth-order valence-electron chi connectivity index (χ4n) is 2.09. The molecule has 1 aliphatic heterocycles. The summed E-state index contributed by atoms with van der Waals surface area (Å²) in [6, 6.07) is 8.85. The molecule has 1 aromatic carbocycles. The molecule has 0 radical (unpaired) electrons. The summed E-state index contributed by atoms with van der Waals surface area (Å²) in [5.41, 5.74) is 1.51. The summed E-state index contributed by atoms with van der Waals surface area (Å²) in [7, 11) is 0. The first-order valence-electron chi connectivity index (χ1n) is 5.72. The SMILES string of the molecule is N#Cc1cccc(CN2CC[C@H](NC=O)C2=O)c1. The zero-order valence-corrected chi connectivity index (χ0v) is 9.80. The van der Waals surface area contributed by atoms with Gasteiger partial charge < -0.3 is 10.2 Å². The molecule has 1 fully saturated rings. The summed E-state index contributed by atoms with van der Waals surface area (Å²) in [5.74, 6) is -0.0653. The van der Waals surface area contributed by atoms with E-state index >= 15 is 0 Å². The second kappa shape index (κ2) is 5.32. The lowest BCUT2D eigenvalue weighted by Gasteiger charge is -2.16. The van der Waals surface area contributed by atoms with Gasteiger partial charge >= 0.3 is 0 Å². The molecule has 1 heterocycles. The van der Waals surface area contributed by atoms with Crippen LogP contribution < -0.4 is 5.32 Å². The summed E-state index contributed by atoms with van der Waals surface area (Å²) >= 11 is 0. The highest BCUT2D eigenvalue weighted by Crippen LogP contribution is 2.15. The summed E-state index contributed by atoms with van der Waals surface area (Å²) in [4.78, 5) is 23.9. The predicted molar refractivity (Wildman–Crippen MR) is 64.2 cm³/mol. The molecular weight excluding hydrogens is 230 g/mol. The number of rotatable bonds is 4. The van der Waals surface area contributed by atoms with Crippen molar-refractivity contribution in [1.29, 1.82) is 5.26 Å². The molecular formula is C13H13N3O2. The lowest BCUT2D eigenvalue weighted by molar-refractivity contribution is -0.131. The third-order valence-corrected chi connectivity index (χ3v) is 3.00. The van der Waals surface area contributed by atoms with Crippen LogP contribution in [0.15, 0.2) is 24.3 Å². The minimum absolute atomic E-state index is 0.0653. The largest absolute Gasteiger partial charge is 0.347 e. The topological polar surface area (TPSA) is 73.2 Å². The van der Waals surface area contributed by atoms with Gasteiger partial charge in [0.15, 0.2) is 0 Å². The van der Waals surface area contributed by atoms with Crippen LogP contribution in [0.4, 0.5) is 0 Å². The molecule has 1 aliphatic rings. The Labute approximate surface area is 105 Å². The van der Waals surface area contributed by atoms with Crippen LogP contribution >= 0.6 is 0 Å². The van der Waals surface area contributed by atoms with E-state index in [0.717, 1.165) is 5.56 Å². The van der Waals surface area contributed by atoms with Gasteiger partial charge in [0.2, 0.25) is 12.3 Å². The second-order valence-electron chi connectivity index (χ2n) is 4.20. The molecule has 1 atom stereocenters. The lowest BCUT2D eigenvalue weighted by atomic mass is 10.1. The van der Waals surface area contributed by atoms with Crippen molar-refractivity contribution in [2.75, 3.05) is 6.54 Å². The van der Waals surface area contributed by atoms with E-state index in [4.69, 9.17) is 5.26 Å². The Balaban J connectivity index is 2.04. The van der Waals surface area contributed by atoms with Crippen molar-refractivity contribution >= 4 is 12.3 Å². The maximum absolute atomic E-state index is 11.9. The molecule has 0 aromatic heterocycles. The number of benzene rings is 1. The van der Waals surface area contributed by atoms with E-state index in [1.54, 1.807) is 23.1 Å². The maximum Gasteiger partial charge on any atom is 0.245 e. The molecule has 0 unspecified atom stereocenters. The van der Waals surface area contributed by atoms with Gasteiger partial charge in [0.05, 0.1) is 11.6 Å². The van der Waals surface area contributed by atoms with Crippen LogP contribution in [-0.2, 0) is 16.1 Å². The van der Waals surface area contributed by atoms with Gasteiger partial charge in [-0.3, -0.25) is 9.59 Å². The highest BCUT2D eigenvalue weighted by Gasteiger charge is 2.30. The van der Waals surface area contributed by atoms with Crippen LogP contribution in [0.3, 0.4) is 0 Å². The van der Waals surface area contributed by atoms with Gasteiger partial charge in [0.25, 0.3) is 0 Å². The highest BCUT2D eigenvalue weighted by molar-refractivity contribution is 5.85. The Morgan fingerprint density at radius 3 is 3.11 bits per heavy atom.